The number of fused-ring (bicyclic) bond motifs is 4. The molecule has 1 aromatic heterocycles. The van der Waals surface area contributed by atoms with Crippen LogP contribution in [0.4, 0.5) is 0 Å². The molecule has 5 aromatic rings. The highest BCUT2D eigenvalue weighted by atomic mass is 14.9. The number of nitrogens with zero attached hydrogens (tertiary/aromatic N) is 3. The fraction of sp³-hybridized carbons (Fsp3) is 0.175. The van der Waals surface area contributed by atoms with E-state index in [-0.39, 0.29) is 17.9 Å². The van der Waals surface area contributed by atoms with Crippen molar-refractivity contribution in [1.82, 2.24) is 4.98 Å². The van der Waals surface area contributed by atoms with Crippen molar-refractivity contribution >= 4 is 50.7 Å². The van der Waals surface area contributed by atoms with Crippen LogP contribution in [0.1, 0.15) is 78.8 Å². The van der Waals surface area contributed by atoms with Gasteiger partial charge in [0.15, 0.2) is 5.84 Å². The van der Waals surface area contributed by atoms with Crippen LogP contribution < -0.4 is 10.4 Å². The van der Waals surface area contributed by atoms with Crippen molar-refractivity contribution in [3.05, 3.63) is 226 Å². The first-order chi connectivity index (χ1) is 29.5. The first-order valence-corrected chi connectivity index (χ1v) is 21.5. The summed E-state index contributed by atoms with van der Waals surface area (Å²) >= 11 is 0. The quantitative estimate of drug-likeness (QED) is 0.120. The predicted molar refractivity (Wildman–Crippen MR) is 254 cm³/mol. The molecule has 10 rings (SSSR count). The largest absolute Gasteiger partial charge is 0.263 e. The summed E-state index contributed by atoms with van der Waals surface area (Å²) < 4.78 is 0. The van der Waals surface area contributed by atoms with Crippen molar-refractivity contribution in [3.8, 4) is 0 Å². The fourth-order valence-electron chi connectivity index (χ4n) is 9.59. The Morgan fingerprint density at radius 2 is 1.62 bits per heavy atom. The standard InChI is InChI=1S/C57H49N3/c1-37-12-10-17-47-33-46(30-31-50(37)47)45-16-11-15-44(32-45)39(3)60-57(59-38(2)40-22-24-42(25-23-40)56-36-58-35-49-14-5-7-19-52(49)56)43-28-26-41(27-29-43)55-34-48-13-4-6-18-51(48)53-20-8-9-21-54(53)55/h4-11,13-22,24-31,33,35-36,38,40,45,48H,1,12,23,32,34H2,2-3H3. The molecule has 3 heteroatoms. The van der Waals surface area contributed by atoms with Crippen molar-refractivity contribution in [2.24, 2.45) is 21.8 Å². The maximum atomic E-state index is 5.47. The Morgan fingerprint density at radius 1 is 0.783 bits per heavy atom. The number of rotatable bonds is 7. The van der Waals surface area contributed by atoms with E-state index in [0.29, 0.717) is 5.92 Å². The summed E-state index contributed by atoms with van der Waals surface area (Å²) in [4.78, 5) is 15.4. The summed E-state index contributed by atoms with van der Waals surface area (Å²) in [7, 11) is 0. The van der Waals surface area contributed by atoms with Gasteiger partial charge in [0.25, 0.3) is 0 Å². The van der Waals surface area contributed by atoms with Crippen LogP contribution >= 0.6 is 0 Å². The zero-order chi connectivity index (χ0) is 40.6. The normalized spacial score (nSPS) is 21.4. The van der Waals surface area contributed by atoms with Crippen molar-refractivity contribution in [3.63, 3.8) is 0 Å². The molecule has 4 aromatic carbocycles. The Kier molecular flexibility index (Phi) is 10.1. The van der Waals surface area contributed by atoms with Crippen molar-refractivity contribution in [2.75, 3.05) is 0 Å². The predicted octanol–water partition coefficient (Wildman–Crippen LogP) is 12.1. The van der Waals surface area contributed by atoms with Gasteiger partial charge in [-0.2, -0.15) is 0 Å². The van der Waals surface area contributed by atoms with E-state index in [2.05, 4.69) is 189 Å². The van der Waals surface area contributed by atoms with E-state index in [1.165, 1.54) is 71.5 Å². The highest BCUT2D eigenvalue weighted by Gasteiger charge is 2.23. The van der Waals surface area contributed by atoms with Gasteiger partial charge in [-0.25, -0.2) is 4.99 Å². The molecule has 0 radical (unpaired) electrons. The van der Waals surface area contributed by atoms with E-state index in [1.807, 2.05) is 12.4 Å². The summed E-state index contributed by atoms with van der Waals surface area (Å²) in [5.41, 5.74) is 14.8. The van der Waals surface area contributed by atoms with Gasteiger partial charge < -0.3 is 0 Å². The molecule has 4 unspecified atom stereocenters. The molecule has 4 atom stereocenters. The third kappa shape index (κ3) is 7.30. The molecule has 0 saturated carbocycles. The van der Waals surface area contributed by atoms with E-state index in [4.69, 9.17) is 9.98 Å². The van der Waals surface area contributed by atoms with Gasteiger partial charge in [0.05, 0.1) is 6.04 Å². The molecule has 3 nitrogen and oxygen atoms in total. The minimum Gasteiger partial charge on any atom is -0.263 e. The number of amidine groups is 1. The molecule has 5 aliphatic rings. The van der Waals surface area contributed by atoms with Gasteiger partial charge in [-0.3, -0.25) is 9.98 Å². The molecular formula is C57H49N3. The van der Waals surface area contributed by atoms with Crippen LogP contribution in [-0.2, 0) is 0 Å². The lowest BCUT2D eigenvalue weighted by molar-refractivity contribution is 0.541. The van der Waals surface area contributed by atoms with Crippen molar-refractivity contribution in [1.29, 1.82) is 0 Å². The van der Waals surface area contributed by atoms with Crippen LogP contribution in [0.5, 0.6) is 0 Å². The minimum atomic E-state index is 0.0156. The monoisotopic (exact) mass is 775 g/mol. The second-order valence-corrected chi connectivity index (χ2v) is 16.8. The molecule has 5 aliphatic carbocycles. The summed E-state index contributed by atoms with van der Waals surface area (Å²) in [6.45, 7) is 8.68. The minimum absolute atomic E-state index is 0.0156. The highest BCUT2D eigenvalue weighted by Crippen LogP contribution is 2.36. The van der Waals surface area contributed by atoms with Gasteiger partial charge in [0, 0.05) is 52.4 Å². The first kappa shape index (κ1) is 37.6. The molecule has 0 amide bonds. The lowest BCUT2D eigenvalue weighted by Gasteiger charge is -2.24. The maximum absolute atomic E-state index is 5.47. The number of aromatic nitrogens is 1. The smallest absolute Gasteiger partial charge is 0.155 e. The summed E-state index contributed by atoms with van der Waals surface area (Å²) in [6, 6.07) is 33.3. The molecule has 292 valence electrons. The van der Waals surface area contributed by atoms with Crippen molar-refractivity contribution in [2.45, 2.75) is 51.5 Å². The molecule has 0 spiro atoms. The topological polar surface area (TPSA) is 37.6 Å². The van der Waals surface area contributed by atoms with Crippen LogP contribution in [0.25, 0.3) is 39.1 Å². The summed E-state index contributed by atoms with van der Waals surface area (Å²) in [5.74, 6) is 1.69. The molecule has 0 aliphatic heterocycles. The Bertz CT molecular complexity index is 2970. The average Bonchev–Trinajstić information content (AvgIpc) is 3.31. The van der Waals surface area contributed by atoms with Crippen molar-refractivity contribution < 1.29 is 0 Å². The second-order valence-electron chi connectivity index (χ2n) is 16.8. The number of benzene rings is 4. The van der Waals surface area contributed by atoms with E-state index in [9.17, 15) is 0 Å². The van der Waals surface area contributed by atoms with Crippen LogP contribution in [0.15, 0.2) is 192 Å². The van der Waals surface area contributed by atoms with E-state index >= 15 is 0 Å². The molecule has 0 N–H and O–H groups in total. The number of hydrogen-bond donors (Lipinski definition) is 0. The summed E-state index contributed by atoms with van der Waals surface area (Å²) in [5, 5.41) is 5.05. The highest BCUT2D eigenvalue weighted by molar-refractivity contribution is 6.11. The number of hydrogen-bond acceptors (Lipinski definition) is 2. The molecular weight excluding hydrogens is 727 g/mol. The lowest BCUT2D eigenvalue weighted by atomic mass is 9.80. The lowest BCUT2D eigenvalue weighted by Crippen LogP contribution is -2.35. The van der Waals surface area contributed by atoms with E-state index in [0.717, 1.165) is 48.2 Å². The molecule has 0 fully saturated rings. The zero-order valence-electron chi connectivity index (χ0n) is 34.4. The van der Waals surface area contributed by atoms with Gasteiger partial charge >= 0.3 is 0 Å². The van der Waals surface area contributed by atoms with Gasteiger partial charge in [-0.05, 0) is 105 Å². The molecule has 0 saturated heterocycles. The Labute approximate surface area is 353 Å². The van der Waals surface area contributed by atoms with Crippen LogP contribution in [-0.4, -0.2) is 22.6 Å². The van der Waals surface area contributed by atoms with Gasteiger partial charge in [0.1, 0.15) is 0 Å². The fourth-order valence-corrected chi connectivity index (χ4v) is 9.59. The van der Waals surface area contributed by atoms with Crippen LogP contribution in [0.2, 0.25) is 0 Å². The first-order valence-electron chi connectivity index (χ1n) is 21.5. The van der Waals surface area contributed by atoms with E-state index in [1.54, 1.807) is 0 Å². The molecule has 1 heterocycles. The summed E-state index contributed by atoms with van der Waals surface area (Å²) in [6.07, 6.45) is 34.8. The Hall–Kier alpha value is -6.71. The average molecular weight is 776 g/mol. The Morgan fingerprint density at radius 3 is 2.48 bits per heavy atom. The zero-order valence-corrected chi connectivity index (χ0v) is 34.4. The number of pyridine rings is 1. The second kappa shape index (κ2) is 16.2. The van der Waals surface area contributed by atoms with Gasteiger partial charge in [0.2, 0.25) is 0 Å². The number of aliphatic imine (C=N–C) groups is 2. The van der Waals surface area contributed by atoms with Gasteiger partial charge in [-0.1, -0.05) is 170 Å². The van der Waals surface area contributed by atoms with Gasteiger partial charge in [-0.15, -0.1) is 0 Å². The SMILES string of the molecule is C=C1CC=Cc2cc(C3C=CC=C(C(C)=NC(=NC(C)C4C=CC(c5cncc6ccccc56)=CC4)c4ccc(C5=c6ccccc6=C6C=CC=CC6C5)cc4)C3)ccc21. The maximum Gasteiger partial charge on any atom is 0.155 e. The van der Waals surface area contributed by atoms with E-state index < -0.39 is 0 Å². The van der Waals surface area contributed by atoms with Crippen LogP contribution in [0.3, 0.4) is 0 Å². The number of allylic oxidation sites excluding steroid dienone is 13. The third-order valence-corrected chi connectivity index (χ3v) is 13.0. The molecule has 60 heavy (non-hydrogen) atoms. The third-order valence-electron chi connectivity index (χ3n) is 13.0. The van der Waals surface area contributed by atoms with Crippen LogP contribution in [0, 0.1) is 11.8 Å². The Balaban J connectivity index is 0.971. The molecule has 0 bridgehead atoms.